The quantitative estimate of drug-likeness (QED) is 0.0766. The predicted octanol–water partition coefficient (Wildman–Crippen LogP) is 0.985. The highest BCUT2D eigenvalue weighted by molar-refractivity contribution is 5.69. The van der Waals surface area contributed by atoms with Crippen LogP contribution in [0.1, 0.15) is 27.2 Å². The Hall–Kier alpha value is -1.50. The van der Waals surface area contributed by atoms with E-state index in [9.17, 15) is 9.59 Å². The smallest absolute Gasteiger partial charge is 0.329 e. The second-order valence-electron chi connectivity index (χ2n) is 9.91. The monoisotopic (exact) mass is 644 g/mol. The molecule has 15 nitrogen and oxygen atoms in total. The van der Waals surface area contributed by atoms with Crippen molar-refractivity contribution in [3.63, 3.8) is 0 Å². The molecule has 0 aromatic heterocycles. The summed E-state index contributed by atoms with van der Waals surface area (Å²) in [5.41, 5.74) is -0.478. The fraction of sp³-hybridized carbons (Fsp3) is 0.931. The number of ether oxygens (including phenoxy) is 12. The van der Waals surface area contributed by atoms with Crippen LogP contribution in [0.4, 0.5) is 0 Å². The lowest BCUT2D eigenvalue weighted by atomic mass is 10.2. The molecule has 0 rings (SSSR count). The number of hydrogen-bond acceptors (Lipinski definition) is 14. The van der Waals surface area contributed by atoms with Crippen LogP contribution in [-0.4, -0.2) is 168 Å². The first-order valence-corrected chi connectivity index (χ1v) is 15.1. The highest BCUT2D eigenvalue weighted by Crippen LogP contribution is 2.08. The van der Waals surface area contributed by atoms with Gasteiger partial charge in [-0.2, -0.15) is 0 Å². The zero-order valence-electron chi connectivity index (χ0n) is 26.9. The first kappa shape index (κ1) is 42.5. The van der Waals surface area contributed by atoms with Gasteiger partial charge in [0, 0.05) is 0 Å². The first-order valence-electron chi connectivity index (χ1n) is 15.1. The molecule has 0 saturated carbocycles. The number of esters is 1. The lowest BCUT2D eigenvalue weighted by Gasteiger charge is -2.19. The predicted molar refractivity (Wildman–Crippen MR) is 157 cm³/mol. The van der Waals surface area contributed by atoms with Crippen molar-refractivity contribution in [1.82, 2.24) is 0 Å². The minimum Gasteiger partial charge on any atom is -0.480 e. The molecule has 0 aromatic carbocycles. The Morgan fingerprint density at radius 1 is 0.409 bits per heavy atom. The van der Waals surface area contributed by atoms with E-state index in [-0.39, 0.29) is 25.6 Å². The maximum Gasteiger partial charge on any atom is 0.329 e. The molecule has 0 amide bonds. The summed E-state index contributed by atoms with van der Waals surface area (Å²) in [7, 11) is 0. The van der Waals surface area contributed by atoms with Gasteiger partial charge >= 0.3 is 11.9 Å². The molecule has 0 spiro atoms. The number of carbonyl (C=O) groups is 2. The van der Waals surface area contributed by atoms with E-state index in [4.69, 9.17) is 61.9 Å². The number of hydrogen-bond donors (Lipinski definition) is 1. The topological polar surface area (TPSA) is 165 Å². The molecular weight excluding hydrogens is 588 g/mol. The number of rotatable bonds is 35. The number of aliphatic carboxylic acids is 1. The van der Waals surface area contributed by atoms with E-state index in [0.717, 1.165) is 0 Å². The summed E-state index contributed by atoms with van der Waals surface area (Å²) in [5, 5.41) is 8.42. The van der Waals surface area contributed by atoms with Gasteiger partial charge < -0.3 is 61.9 Å². The standard InChI is InChI=1S/C29H56O15/c1-29(2,3)44-28(32)4-5-33-6-7-34-8-9-35-10-11-36-12-13-37-14-15-38-16-17-39-18-19-40-20-21-41-22-23-42-24-25-43-26-27(30)31/h4-26H2,1-3H3,(H,30,31). The molecular formula is C29H56O15. The second kappa shape index (κ2) is 32.9. The summed E-state index contributed by atoms with van der Waals surface area (Å²) >= 11 is 0. The summed E-state index contributed by atoms with van der Waals surface area (Å²) in [6.45, 7) is 14.4. The number of carboxylic acids is 1. The van der Waals surface area contributed by atoms with Crippen LogP contribution in [-0.2, 0) is 66.4 Å². The molecule has 15 heteroatoms. The van der Waals surface area contributed by atoms with Gasteiger partial charge in [-0.25, -0.2) is 4.79 Å². The third-order valence-corrected chi connectivity index (χ3v) is 4.82. The van der Waals surface area contributed by atoms with Gasteiger partial charge in [-0.1, -0.05) is 0 Å². The van der Waals surface area contributed by atoms with Gasteiger partial charge in [0.15, 0.2) is 0 Å². The summed E-state index contributed by atoms with van der Waals surface area (Å²) in [5.74, 6) is -1.27. The molecule has 0 aliphatic heterocycles. The Labute approximate surface area is 261 Å². The van der Waals surface area contributed by atoms with Crippen LogP contribution < -0.4 is 0 Å². The largest absolute Gasteiger partial charge is 0.480 e. The van der Waals surface area contributed by atoms with Crippen molar-refractivity contribution in [3.8, 4) is 0 Å². The Morgan fingerprint density at radius 3 is 0.864 bits per heavy atom. The van der Waals surface area contributed by atoms with E-state index >= 15 is 0 Å². The van der Waals surface area contributed by atoms with Crippen molar-refractivity contribution in [2.24, 2.45) is 0 Å². The lowest BCUT2D eigenvalue weighted by Crippen LogP contribution is -2.24. The molecule has 0 heterocycles. The molecule has 0 aromatic rings. The average Bonchev–Trinajstić information content (AvgIpc) is 2.96. The normalized spacial score (nSPS) is 11.7. The Bertz CT molecular complexity index is 630. The van der Waals surface area contributed by atoms with Crippen LogP contribution >= 0.6 is 0 Å². The van der Waals surface area contributed by atoms with E-state index in [2.05, 4.69) is 0 Å². The summed E-state index contributed by atoms with van der Waals surface area (Å²) in [6.07, 6.45) is 0.227. The van der Waals surface area contributed by atoms with Crippen molar-refractivity contribution in [3.05, 3.63) is 0 Å². The molecule has 262 valence electrons. The van der Waals surface area contributed by atoms with Gasteiger partial charge in [0.25, 0.3) is 0 Å². The van der Waals surface area contributed by atoms with Crippen LogP contribution in [0, 0.1) is 0 Å². The third-order valence-electron chi connectivity index (χ3n) is 4.82. The molecule has 0 unspecified atom stereocenters. The Kier molecular flexibility index (Phi) is 31.8. The Morgan fingerprint density at radius 2 is 0.636 bits per heavy atom. The van der Waals surface area contributed by atoms with Crippen LogP contribution in [0.5, 0.6) is 0 Å². The zero-order chi connectivity index (χ0) is 32.4. The van der Waals surface area contributed by atoms with Gasteiger partial charge in [0.05, 0.1) is 145 Å². The van der Waals surface area contributed by atoms with Gasteiger partial charge in [-0.15, -0.1) is 0 Å². The summed E-state index contributed by atoms with van der Waals surface area (Å²) < 4.78 is 64.0. The van der Waals surface area contributed by atoms with Gasteiger partial charge in [0.1, 0.15) is 12.2 Å². The van der Waals surface area contributed by atoms with Crippen molar-refractivity contribution in [1.29, 1.82) is 0 Å². The van der Waals surface area contributed by atoms with E-state index in [1.807, 2.05) is 20.8 Å². The van der Waals surface area contributed by atoms with Crippen molar-refractivity contribution in [2.45, 2.75) is 32.8 Å². The van der Waals surface area contributed by atoms with Gasteiger partial charge in [-0.05, 0) is 20.8 Å². The molecule has 0 saturated heterocycles. The van der Waals surface area contributed by atoms with Crippen LogP contribution in [0.15, 0.2) is 0 Å². The van der Waals surface area contributed by atoms with Crippen LogP contribution in [0.3, 0.4) is 0 Å². The average molecular weight is 645 g/mol. The fourth-order valence-corrected chi connectivity index (χ4v) is 2.91. The van der Waals surface area contributed by atoms with Crippen molar-refractivity contribution >= 4 is 11.9 Å². The molecule has 0 fully saturated rings. The maximum atomic E-state index is 11.5. The van der Waals surface area contributed by atoms with E-state index < -0.39 is 11.6 Å². The highest BCUT2D eigenvalue weighted by atomic mass is 16.6. The molecule has 0 aliphatic carbocycles. The third kappa shape index (κ3) is 38.5. The highest BCUT2D eigenvalue weighted by Gasteiger charge is 2.15. The van der Waals surface area contributed by atoms with Crippen LogP contribution in [0.2, 0.25) is 0 Å². The fourth-order valence-electron chi connectivity index (χ4n) is 2.91. The number of carboxylic acid groups (broad SMARTS) is 1. The van der Waals surface area contributed by atoms with Gasteiger partial charge in [-0.3, -0.25) is 4.79 Å². The molecule has 0 atom stereocenters. The van der Waals surface area contributed by atoms with Gasteiger partial charge in [0.2, 0.25) is 0 Å². The van der Waals surface area contributed by atoms with E-state index in [1.54, 1.807) is 0 Å². The van der Waals surface area contributed by atoms with Crippen molar-refractivity contribution < 1.29 is 71.5 Å². The second-order valence-corrected chi connectivity index (χ2v) is 9.91. The lowest BCUT2D eigenvalue weighted by molar-refractivity contribution is -0.156. The number of carbonyl (C=O) groups excluding carboxylic acids is 1. The molecule has 0 aliphatic rings. The molecule has 0 bridgehead atoms. The summed E-state index contributed by atoms with van der Waals surface area (Å²) in [6, 6.07) is 0. The summed E-state index contributed by atoms with van der Waals surface area (Å²) in [4.78, 5) is 21.8. The van der Waals surface area contributed by atoms with E-state index in [0.29, 0.717) is 132 Å². The SMILES string of the molecule is CC(C)(C)OC(=O)CCOCCOCCOCCOCCOCCOCCOCCOCCOCCOCCOCC(=O)O. The van der Waals surface area contributed by atoms with E-state index in [1.165, 1.54) is 0 Å². The van der Waals surface area contributed by atoms with Crippen LogP contribution in [0.25, 0.3) is 0 Å². The first-order chi connectivity index (χ1) is 21.3. The van der Waals surface area contributed by atoms with Crippen molar-refractivity contribution in [2.75, 3.05) is 145 Å². The minimum absolute atomic E-state index is 0.227. The minimum atomic E-state index is -0.999. The molecule has 1 N–H and O–H groups in total. The molecule has 44 heavy (non-hydrogen) atoms. The zero-order valence-corrected chi connectivity index (χ0v) is 26.9. The maximum absolute atomic E-state index is 11.5. The Balaban J connectivity index is 3.10. The molecule has 0 radical (unpaired) electrons.